The molecule has 2 heterocycles. The molecule has 1 aromatic heterocycles. The van der Waals surface area contributed by atoms with Crippen molar-refractivity contribution in [1.82, 2.24) is 10.3 Å². The SMILES string of the molecule is CCc1ccc(-c2nc(CCCC(=O)NCC3CCCO3)c(C)o2)cc1. The van der Waals surface area contributed by atoms with E-state index in [1.54, 1.807) is 0 Å². The van der Waals surface area contributed by atoms with Crippen LogP contribution in [0, 0.1) is 6.92 Å². The summed E-state index contributed by atoms with van der Waals surface area (Å²) in [5.41, 5.74) is 3.23. The van der Waals surface area contributed by atoms with Crippen LogP contribution < -0.4 is 5.32 Å². The van der Waals surface area contributed by atoms with Gasteiger partial charge in [0.15, 0.2) is 0 Å². The number of oxazole rings is 1. The predicted octanol–water partition coefficient (Wildman–Crippen LogP) is 3.83. The molecule has 0 aliphatic carbocycles. The molecule has 1 aliphatic rings. The first-order valence-corrected chi connectivity index (χ1v) is 9.59. The summed E-state index contributed by atoms with van der Waals surface area (Å²) >= 11 is 0. The van der Waals surface area contributed by atoms with E-state index in [2.05, 4.69) is 29.4 Å². The Kier molecular flexibility index (Phi) is 6.45. The van der Waals surface area contributed by atoms with Crippen molar-refractivity contribution in [3.05, 3.63) is 41.3 Å². The molecule has 5 nitrogen and oxygen atoms in total. The Morgan fingerprint density at radius 1 is 1.31 bits per heavy atom. The van der Waals surface area contributed by atoms with E-state index in [4.69, 9.17) is 9.15 Å². The number of rotatable bonds is 8. The van der Waals surface area contributed by atoms with Crippen LogP contribution in [0.2, 0.25) is 0 Å². The summed E-state index contributed by atoms with van der Waals surface area (Å²) < 4.78 is 11.3. The number of hydrogen-bond acceptors (Lipinski definition) is 4. The quantitative estimate of drug-likeness (QED) is 0.781. The second-order valence-electron chi connectivity index (χ2n) is 6.87. The van der Waals surface area contributed by atoms with Crippen LogP contribution in [0.4, 0.5) is 0 Å². The fraction of sp³-hybridized carbons (Fsp3) is 0.524. The maximum absolute atomic E-state index is 12.0. The summed E-state index contributed by atoms with van der Waals surface area (Å²) in [5, 5.41) is 2.96. The molecule has 1 atom stereocenters. The molecule has 0 radical (unpaired) electrons. The summed E-state index contributed by atoms with van der Waals surface area (Å²) in [4.78, 5) is 16.6. The van der Waals surface area contributed by atoms with Crippen LogP contribution in [0.3, 0.4) is 0 Å². The molecule has 3 rings (SSSR count). The van der Waals surface area contributed by atoms with Gasteiger partial charge >= 0.3 is 0 Å². The smallest absolute Gasteiger partial charge is 0.226 e. The number of ether oxygens (including phenoxy) is 1. The van der Waals surface area contributed by atoms with Crippen LogP contribution in [0.1, 0.15) is 49.6 Å². The summed E-state index contributed by atoms with van der Waals surface area (Å²) in [5.74, 6) is 1.57. The minimum absolute atomic E-state index is 0.0806. The fourth-order valence-electron chi connectivity index (χ4n) is 3.20. The van der Waals surface area contributed by atoms with Gasteiger partial charge in [0, 0.05) is 25.1 Å². The number of nitrogens with zero attached hydrogens (tertiary/aromatic N) is 1. The maximum Gasteiger partial charge on any atom is 0.226 e. The predicted molar refractivity (Wildman–Crippen MR) is 101 cm³/mol. The number of carbonyl (C=O) groups is 1. The van der Waals surface area contributed by atoms with E-state index in [0.29, 0.717) is 18.9 Å². The summed E-state index contributed by atoms with van der Waals surface area (Å²) in [6.07, 6.45) is 5.35. The van der Waals surface area contributed by atoms with E-state index in [-0.39, 0.29) is 12.0 Å². The summed E-state index contributed by atoms with van der Waals surface area (Å²) in [6.45, 7) is 5.51. The summed E-state index contributed by atoms with van der Waals surface area (Å²) in [6, 6.07) is 8.30. The van der Waals surface area contributed by atoms with Crippen molar-refractivity contribution in [1.29, 1.82) is 0 Å². The van der Waals surface area contributed by atoms with Crippen molar-refractivity contribution in [2.75, 3.05) is 13.2 Å². The summed E-state index contributed by atoms with van der Waals surface area (Å²) in [7, 11) is 0. The Balaban J connectivity index is 1.47. The van der Waals surface area contributed by atoms with Gasteiger partial charge in [-0.15, -0.1) is 0 Å². The number of amides is 1. The minimum Gasteiger partial charge on any atom is -0.441 e. The van der Waals surface area contributed by atoms with Crippen molar-refractivity contribution < 1.29 is 13.9 Å². The van der Waals surface area contributed by atoms with Gasteiger partial charge in [0.05, 0.1) is 11.8 Å². The molecule has 5 heteroatoms. The van der Waals surface area contributed by atoms with Crippen molar-refractivity contribution >= 4 is 5.91 Å². The number of hydrogen-bond donors (Lipinski definition) is 1. The van der Waals surface area contributed by atoms with Crippen LogP contribution in [-0.4, -0.2) is 30.1 Å². The second-order valence-corrected chi connectivity index (χ2v) is 6.87. The van der Waals surface area contributed by atoms with E-state index in [1.807, 2.05) is 19.1 Å². The van der Waals surface area contributed by atoms with Crippen molar-refractivity contribution in [2.45, 2.75) is 58.5 Å². The Morgan fingerprint density at radius 2 is 2.12 bits per heavy atom. The first-order valence-electron chi connectivity index (χ1n) is 9.59. The van der Waals surface area contributed by atoms with E-state index < -0.39 is 0 Å². The largest absolute Gasteiger partial charge is 0.441 e. The van der Waals surface area contributed by atoms with Crippen LogP contribution in [0.25, 0.3) is 11.5 Å². The van der Waals surface area contributed by atoms with Gasteiger partial charge in [-0.1, -0.05) is 19.1 Å². The lowest BCUT2D eigenvalue weighted by Gasteiger charge is -2.10. The zero-order valence-corrected chi connectivity index (χ0v) is 15.7. The molecule has 1 amide bonds. The first-order chi connectivity index (χ1) is 12.7. The highest BCUT2D eigenvalue weighted by atomic mass is 16.5. The van der Waals surface area contributed by atoms with Gasteiger partial charge in [0.1, 0.15) is 5.76 Å². The molecule has 1 N–H and O–H groups in total. The third kappa shape index (κ3) is 4.94. The van der Waals surface area contributed by atoms with Gasteiger partial charge in [-0.05, 0) is 56.7 Å². The van der Waals surface area contributed by atoms with E-state index in [0.717, 1.165) is 55.7 Å². The highest BCUT2D eigenvalue weighted by Crippen LogP contribution is 2.23. The van der Waals surface area contributed by atoms with Gasteiger partial charge in [-0.2, -0.15) is 0 Å². The second kappa shape index (κ2) is 8.99. The lowest BCUT2D eigenvalue weighted by Crippen LogP contribution is -2.31. The number of aryl methyl sites for hydroxylation is 3. The zero-order chi connectivity index (χ0) is 18.4. The minimum atomic E-state index is 0.0806. The molecule has 0 bridgehead atoms. The zero-order valence-electron chi connectivity index (χ0n) is 15.7. The van der Waals surface area contributed by atoms with E-state index >= 15 is 0 Å². The van der Waals surface area contributed by atoms with Gasteiger partial charge in [0.2, 0.25) is 11.8 Å². The number of aromatic nitrogens is 1. The van der Waals surface area contributed by atoms with E-state index in [9.17, 15) is 4.79 Å². The third-order valence-electron chi connectivity index (χ3n) is 4.87. The van der Waals surface area contributed by atoms with Crippen LogP contribution in [-0.2, 0) is 22.4 Å². The fourth-order valence-corrected chi connectivity index (χ4v) is 3.20. The Labute approximate surface area is 155 Å². The number of nitrogens with one attached hydrogen (secondary N) is 1. The standard InChI is InChI=1S/C21H28N2O3/c1-3-16-9-11-17(12-10-16)21-23-19(15(2)26-21)7-4-8-20(24)22-14-18-6-5-13-25-18/h9-12,18H,3-8,13-14H2,1-2H3,(H,22,24). The lowest BCUT2D eigenvalue weighted by atomic mass is 10.1. The molecule has 1 unspecified atom stereocenters. The van der Waals surface area contributed by atoms with Crippen LogP contribution in [0.5, 0.6) is 0 Å². The molecule has 140 valence electrons. The Morgan fingerprint density at radius 3 is 2.81 bits per heavy atom. The highest BCUT2D eigenvalue weighted by molar-refractivity contribution is 5.75. The highest BCUT2D eigenvalue weighted by Gasteiger charge is 2.16. The molecule has 1 fully saturated rings. The van der Waals surface area contributed by atoms with Gasteiger partial charge in [-0.25, -0.2) is 4.98 Å². The molecule has 0 spiro atoms. The third-order valence-corrected chi connectivity index (χ3v) is 4.87. The first kappa shape index (κ1) is 18.6. The van der Waals surface area contributed by atoms with E-state index in [1.165, 1.54) is 5.56 Å². The average molecular weight is 356 g/mol. The average Bonchev–Trinajstić information content (AvgIpc) is 3.30. The molecule has 1 saturated heterocycles. The molecule has 1 aliphatic heterocycles. The van der Waals surface area contributed by atoms with Crippen molar-refractivity contribution in [3.63, 3.8) is 0 Å². The monoisotopic (exact) mass is 356 g/mol. The number of carbonyl (C=O) groups excluding carboxylic acids is 1. The normalized spacial score (nSPS) is 16.8. The molecule has 1 aromatic carbocycles. The van der Waals surface area contributed by atoms with Crippen molar-refractivity contribution in [2.24, 2.45) is 0 Å². The molecular weight excluding hydrogens is 328 g/mol. The van der Waals surface area contributed by atoms with Crippen LogP contribution in [0.15, 0.2) is 28.7 Å². The Bertz CT molecular complexity index is 715. The van der Waals surface area contributed by atoms with Gasteiger partial charge in [-0.3, -0.25) is 4.79 Å². The topological polar surface area (TPSA) is 64.4 Å². The Hall–Kier alpha value is -2.14. The number of benzene rings is 1. The van der Waals surface area contributed by atoms with Crippen LogP contribution >= 0.6 is 0 Å². The van der Waals surface area contributed by atoms with Gasteiger partial charge in [0.25, 0.3) is 0 Å². The van der Waals surface area contributed by atoms with Crippen molar-refractivity contribution in [3.8, 4) is 11.5 Å². The molecular formula is C21H28N2O3. The molecule has 0 saturated carbocycles. The maximum atomic E-state index is 12.0. The molecule has 2 aromatic rings. The molecule has 26 heavy (non-hydrogen) atoms. The lowest BCUT2D eigenvalue weighted by molar-refractivity contribution is -0.121. The van der Waals surface area contributed by atoms with Gasteiger partial charge < -0.3 is 14.5 Å².